The van der Waals surface area contributed by atoms with Crippen LogP contribution in [0.5, 0.6) is 0 Å². The summed E-state index contributed by atoms with van der Waals surface area (Å²) in [5.74, 6) is -0.432. The number of carbonyl (C=O) groups excluding carboxylic acids is 1. The quantitative estimate of drug-likeness (QED) is 0.822. The Kier molecular flexibility index (Phi) is 4.31. The van der Waals surface area contributed by atoms with Crippen LogP contribution in [-0.2, 0) is 0 Å². The molecule has 1 aliphatic rings. The van der Waals surface area contributed by atoms with Gasteiger partial charge in [-0.1, -0.05) is 49.7 Å². The van der Waals surface area contributed by atoms with Crippen molar-refractivity contribution in [3.63, 3.8) is 0 Å². The van der Waals surface area contributed by atoms with Gasteiger partial charge in [0.05, 0.1) is 0 Å². The van der Waals surface area contributed by atoms with Gasteiger partial charge in [0.2, 0.25) is 5.91 Å². The standard InChI is InChI=1S/C14H18N2OS/c15-13(17)11-8-4-5-9-12(11)14(18)16-10-6-2-1-3-7-10/h4-5,8-10H,1-3,6-7H2,(H2,15,17)(H,16,18). The third-order valence-corrected chi connectivity index (χ3v) is 3.72. The molecule has 3 nitrogen and oxygen atoms in total. The van der Waals surface area contributed by atoms with Gasteiger partial charge in [-0.15, -0.1) is 0 Å². The van der Waals surface area contributed by atoms with E-state index in [-0.39, 0.29) is 0 Å². The predicted molar refractivity (Wildman–Crippen MR) is 76.7 cm³/mol. The van der Waals surface area contributed by atoms with Gasteiger partial charge in [0, 0.05) is 17.2 Å². The molecule has 1 aliphatic carbocycles. The lowest BCUT2D eigenvalue weighted by Gasteiger charge is -2.24. The van der Waals surface area contributed by atoms with Gasteiger partial charge in [-0.3, -0.25) is 4.79 Å². The number of nitrogens with one attached hydrogen (secondary N) is 1. The number of rotatable bonds is 3. The van der Waals surface area contributed by atoms with Gasteiger partial charge in [-0.2, -0.15) is 0 Å². The zero-order valence-electron chi connectivity index (χ0n) is 10.3. The maximum absolute atomic E-state index is 11.4. The average Bonchev–Trinajstić information content (AvgIpc) is 2.40. The number of benzene rings is 1. The van der Waals surface area contributed by atoms with Crippen LogP contribution in [0.3, 0.4) is 0 Å². The first kappa shape index (κ1) is 13.0. The molecule has 0 unspecified atom stereocenters. The van der Waals surface area contributed by atoms with Crippen LogP contribution >= 0.6 is 12.2 Å². The fourth-order valence-electron chi connectivity index (χ4n) is 2.41. The average molecular weight is 262 g/mol. The van der Waals surface area contributed by atoms with E-state index in [0.29, 0.717) is 16.6 Å². The van der Waals surface area contributed by atoms with Gasteiger partial charge >= 0.3 is 0 Å². The van der Waals surface area contributed by atoms with Crippen LogP contribution in [0.15, 0.2) is 24.3 Å². The first-order valence-corrected chi connectivity index (χ1v) is 6.79. The molecule has 0 atom stereocenters. The Hall–Kier alpha value is -1.42. The van der Waals surface area contributed by atoms with Crippen LogP contribution < -0.4 is 11.1 Å². The summed E-state index contributed by atoms with van der Waals surface area (Å²) in [6.07, 6.45) is 6.11. The molecular weight excluding hydrogens is 244 g/mol. The molecule has 2 rings (SSSR count). The minimum Gasteiger partial charge on any atom is -0.373 e. The third-order valence-electron chi connectivity index (χ3n) is 3.38. The SMILES string of the molecule is NC(=O)c1ccccc1C(=S)NC1CCCCC1. The second-order valence-corrected chi connectivity index (χ2v) is 5.13. The van der Waals surface area contributed by atoms with Crippen molar-refractivity contribution < 1.29 is 4.79 Å². The third kappa shape index (κ3) is 3.07. The zero-order valence-corrected chi connectivity index (χ0v) is 11.1. The van der Waals surface area contributed by atoms with Gasteiger partial charge in [0.1, 0.15) is 4.99 Å². The number of amides is 1. The highest BCUT2D eigenvalue weighted by Crippen LogP contribution is 2.18. The number of thiocarbonyl (C=S) groups is 1. The first-order valence-electron chi connectivity index (χ1n) is 6.38. The molecule has 4 heteroatoms. The highest BCUT2D eigenvalue weighted by atomic mass is 32.1. The van der Waals surface area contributed by atoms with E-state index in [1.165, 1.54) is 19.3 Å². The number of nitrogens with two attached hydrogens (primary N) is 1. The van der Waals surface area contributed by atoms with Crippen LogP contribution in [0.2, 0.25) is 0 Å². The molecule has 0 bridgehead atoms. The Morgan fingerprint density at radius 1 is 1.17 bits per heavy atom. The number of primary amides is 1. The van der Waals surface area contributed by atoms with Crippen LogP contribution in [0.4, 0.5) is 0 Å². The van der Waals surface area contributed by atoms with Gasteiger partial charge in [-0.25, -0.2) is 0 Å². The minimum atomic E-state index is -0.432. The van der Waals surface area contributed by atoms with Crippen LogP contribution in [0, 0.1) is 0 Å². The molecule has 3 N–H and O–H groups in total. The molecule has 96 valence electrons. The van der Waals surface area contributed by atoms with E-state index in [2.05, 4.69) is 5.32 Å². The van der Waals surface area contributed by atoms with E-state index in [9.17, 15) is 4.79 Å². The van der Waals surface area contributed by atoms with Crippen LogP contribution in [-0.4, -0.2) is 16.9 Å². The van der Waals surface area contributed by atoms with E-state index in [0.717, 1.165) is 18.4 Å². The van der Waals surface area contributed by atoms with Crippen molar-refractivity contribution in [3.8, 4) is 0 Å². The Bertz CT molecular complexity index is 453. The summed E-state index contributed by atoms with van der Waals surface area (Å²) >= 11 is 5.39. The summed E-state index contributed by atoms with van der Waals surface area (Å²) in [7, 11) is 0. The molecule has 0 radical (unpaired) electrons. The van der Waals surface area contributed by atoms with Crippen molar-refractivity contribution in [3.05, 3.63) is 35.4 Å². The maximum atomic E-state index is 11.4. The maximum Gasteiger partial charge on any atom is 0.249 e. The molecule has 1 aromatic rings. The zero-order chi connectivity index (χ0) is 13.0. The fraction of sp³-hybridized carbons (Fsp3) is 0.429. The molecule has 0 spiro atoms. The summed E-state index contributed by atoms with van der Waals surface area (Å²) in [6, 6.07) is 7.67. The predicted octanol–water partition coefficient (Wildman–Crippen LogP) is 2.38. The van der Waals surface area contributed by atoms with Crippen molar-refractivity contribution in [2.45, 2.75) is 38.1 Å². The second-order valence-electron chi connectivity index (χ2n) is 4.72. The largest absolute Gasteiger partial charge is 0.373 e. The van der Waals surface area contributed by atoms with Crippen molar-refractivity contribution in [1.82, 2.24) is 5.32 Å². The summed E-state index contributed by atoms with van der Waals surface area (Å²) in [6.45, 7) is 0. The Labute approximate surface area is 113 Å². The second kappa shape index (κ2) is 5.96. The summed E-state index contributed by atoms with van der Waals surface area (Å²) < 4.78 is 0. The molecule has 0 heterocycles. The van der Waals surface area contributed by atoms with Crippen molar-refractivity contribution >= 4 is 23.1 Å². The van der Waals surface area contributed by atoms with E-state index in [4.69, 9.17) is 18.0 Å². The Morgan fingerprint density at radius 2 is 1.78 bits per heavy atom. The van der Waals surface area contributed by atoms with Crippen molar-refractivity contribution in [1.29, 1.82) is 0 Å². The lowest BCUT2D eigenvalue weighted by Crippen LogP contribution is -2.36. The lowest BCUT2D eigenvalue weighted by atomic mass is 9.95. The molecule has 1 saturated carbocycles. The van der Waals surface area contributed by atoms with Crippen molar-refractivity contribution in [2.75, 3.05) is 0 Å². The van der Waals surface area contributed by atoms with Gasteiger partial charge in [0.15, 0.2) is 0 Å². The molecule has 1 fully saturated rings. The molecule has 0 saturated heterocycles. The summed E-state index contributed by atoms with van der Waals surface area (Å²) in [4.78, 5) is 12.0. The van der Waals surface area contributed by atoms with E-state index in [1.54, 1.807) is 12.1 Å². The monoisotopic (exact) mass is 262 g/mol. The lowest BCUT2D eigenvalue weighted by molar-refractivity contribution is 0.1000. The number of hydrogen-bond donors (Lipinski definition) is 2. The van der Waals surface area contributed by atoms with Crippen molar-refractivity contribution in [2.24, 2.45) is 5.73 Å². The highest BCUT2D eigenvalue weighted by Gasteiger charge is 2.17. The molecular formula is C14H18N2OS. The van der Waals surface area contributed by atoms with E-state index >= 15 is 0 Å². The molecule has 0 aliphatic heterocycles. The topological polar surface area (TPSA) is 55.1 Å². The van der Waals surface area contributed by atoms with Gasteiger partial charge in [-0.05, 0) is 18.9 Å². The Morgan fingerprint density at radius 3 is 2.39 bits per heavy atom. The summed E-state index contributed by atoms with van der Waals surface area (Å²) in [5.41, 5.74) is 6.59. The van der Waals surface area contributed by atoms with E-state index < -0.39 is 5.91 Å². The van der Waals surface area contributed by atoms with Gasteiger partial charge < -0.3 is 11.1 Å². The van der Waals surface area contributed by atoms with Crippen LogP contribution in [0.25, 0.3) is 0 Å². The normalized spacial score (nSPS) is 16.2. The molecule has 1 aromatic carbocycles. The number of hydrogen-bond acceptors (Lipinski definition) is 2. The fourth-order valence-corrected chi connectivity index (χ4v) is 2.75. The first-order chi connectivity index (χ1) is 8.68. The highest BCUT2D eigenvalue weighted by molar-refractivity contribution is 7.80. The molecule has 1 amide bonds. The Balaban J connectivity index is 2.10. The van der Waals surface area contributed by atoms with Gasteiger partial charge in [0.25, 0.3) is 0 Å². The number of carbonyl (C=O) groups is 1. The van der Waals surface area contributed by atoms with E-state index in [1.807, 2.05) is 12.1 Å². The molecule has 0 aromatic heterocycles. The van der Waals surface area contributed by atoms with Crippen LogP contribution in [0.1, 0.15) is 48.0 Å². The minimum absolute atomic E-state index is 0.432. The molecule has 18 heavy (non-hydrogen) atoms. The summed E-state index contributed by atoms with van der Waals surface area (Å²) in [5, 5.41) is 3.35. The smallest absolute Gasteiger partial charge is 0.249 e.